The van der Waals surface area contributed by atoms with Crippen molar-refractivity contribution in [3.8, 4) is 0 Å². The molecule has 0 aliphatic heterocycles. The molecule has 0 spiro atoms. The van der Waals surface area contributed by atoms with Crippen LogP contribution in [0, 0.1) is 0 Å². The van der Waals surface area contributed by atoms with Gasteiger partial charge in [-0.1, -0.05) is 70.4 Å². The second kappa shape index (κ2) is 25.8. The first kappa shape index (κ1) is 30.9. The number of aliphatic hydroxyl groups excluding tert-OH is 2. The Balaban J connectivity index is 0. The number of unbranched alkanes of at least 4 members (excludes halogenated alkanes) is 11. The summed E-state index contributed by atoms with van der Waals surface area (Å²) < 4.78 is 0. The van der Waals surface area contributed by atoms with Crippen LogP contribution in [0.1, 0.15) is 96.8 Å². The van der Waals surface area contributed by atoms with Gasteiger partial charge in [-0.2, -0.15) is 0 Å². The molecule has 2 N–H and O–H groups in total. The van der Waals surface area contributed by atoms with Gasteiger partial charge >= 0.3 is 57.4 Å². The Kier molecular flexibility index (Phi) is 28.4. The van der Waals surface area contributed by atoms with Crippen molar-refractivity contribution in [1.82, 2.24) is 5.06 Å². The summed E-state index contributed by atoms with van der Waals surface area (Å²) in [6.45, 7) is 2.53. The van der Waals surface area contributed by atoms with Crippen molar-refractivity contribution in [2.75, 3.05) is 26.3 Å². The van der Waals surface area contributed by atoms with Crippen molar-refractivity contribution in [2.45, 2.75) is 96.8 Å². The van der Waals surface area contributed by atoms with E-state index < -0.39 is 0 Å². The molecule has 0 aromatic carbocycles. The van der Waals surface area contributed by atoms with Gasteiger partial charge in [0.25, 0.3) is 0 Å². The number of rotatable bonds is 20. The van der Waals surface area contributed by atoms with E-state index in [2.05, 4.69) is 19.1 Å². The molecule has 0 fully saturated rings. The second-order valence-corrected chi connectivity index (χ2v) is 7.17. The first-order valence-corrected chi connectivity index (χ1v) is 11.1. The second-order valence-electron chi connectivity index (χ2n) is 7.17. The molecule has 162 valence electrons. The van der Waals surface area contributed by atoms with E-state index in [1.54, 1.807) is 0 Å². The van der Waals surface area contributed by atoms with Crippen molar-refractivity contribution < 1.29 is 19.8 Å². The van der Waals surface area contributed by atoms with Crippen LogP contribution in [-0.4, -0.2) is 98.9 Å². The molecule has 0 bridgehead atoms. The van der Waals surface area contributed by atoms with Crippen molar-refractivity contribution in [1.29, 1.82) is 0 Å². The van der Waals surface area contributed by atoms with E-state index >= 15 is 0 Å². The number of hydrogen-bond donors (Lipinski definition) is 2. The zero-order valence-electron chi connectivity index (χ0n) is 17.5. The molecule has 0 aliphatic carbocycles. The molecule has 5 nitrogen and oxygen atoms in total. The van der Waals surface area contributed by atoms with E-state index in [1.165, 1.54) is 62.9 Å². The average Bonchev–Trinajstić information content (AvgIpc) is 2.65. The molecule has 0 saturated carbocycles. The number of aliphatic hydroxyl groups is 2. The third kappa shape index (κ3) is 23.0. The Labute approximate surface area is 215 Å². The predicted molar refractivity (Wildman–Crippen MR) is 118 cm³/mol. The Morgan fingerprint density at radius 2 is 1.25 bits per heavy atom. The third-order valence-electron chi connectivity index (χ3n) is 4.57. The zero-order chi connectivity index (χ0) is 20.0. The quantitative estimate of drug-likeness (QED) is 0.133. The number of hydrogen-bond acceptors (Lipinski definition) is 5. The van der Waals surface area contributed by atoms with Crippen LogP contribution in [0.2, 0.25) is 0 Å². The Morgan fingerprint density at radius 3 is 1.75 bits per heavy atom. The topological polar surface area (TPSA) is 70.0 Å². The Hall–Kier alpha value is 0.726. The van der Waals surface area contributed by atoms with Crippen LogP contribution in [-0.2, 0) is 9.63 Å². The van der Waals surface area contributed by atoms with E-state index in [4.69, 9.17) is 15.1 Å². The van der Waals surface area contributed by atoms with Crippen LogP contribution in [0.4, 0.5) is 0 Å². The maximum absolute atomic E-state index is 11.7. The molecule has 0 atom stereocenters. The van der Waals surface area contributed by atoms with E-state index in [0.29, 0.717) is 6.42 Å². The van der Waals surface area contributed by atoms with Crippen LogP contribution < -0.4 is 0 Å². The van der Waals surface area contributed by atoms with Crippen molar-refractivity contribution in [3.63, 3.8) is 0 Å². The molecule has 28 heavy (non-hydrogen) atoms. The normalized spacial score (nSPS) is 11.1. The van der Waals surface area contributed by atoms with Gasteiger partial charge in [-0.25, -0.2) is 0 Å². The van der Waals surface area contributed by atoms with Crippen LogP contribution in [0.15, 0.2) is 12.2 Å². The predicted octanol–water partition coefficient (Wildman–Crippen LogP) is 4.12. The molecule has 0 saturated heterocycles. The maximum atomic E-state index is 11.7. The summed E-state index contributed by atoms with van der Waals surface area (Å²) in [7, 11) is 0. The minimum absolute atomic E-state index is 0. The summed E-state index contributed by atoms with van der Waals surface area (Å²) in [6, 6.07) is 0. The van der Waals surface area contributed by atoms with Gasteiger partial charge < -0.3 is 15.1 Å². The molecule has 0 radical (unpaired) electrons. The van der Waals surface area contributed by atoms with Crippen molar-refractivity contribution in [2.24, 2.45) is 0 Å². The van der Waals surface area contributed by atoms with E-state index in [-0.39, 0.29) is 83.7 Å². The minimum atomic E-state index is -0.283. The Bertz CT molecular complexity index is 347. The summed E-state index contributed by atoms with van der Waals surface area (Å²) in [5.74, 6) is -0.283. The molecule has 0 aromatic heterocycles. The number of carbonyl (C=O) groups is 1. The van der Waals surface area contributed by atoms with Gasteiger partial charge in [0.1, 0.15) is 0 Å². The number of nitrogens with zero attached hydrogens (tertiary/aromatic N) is 1. The van der Waals surface area contributed by atoms with Gasteiger partial charge in [0, 0.05) is 6.42 Å². The number of allylic oxidation sites excluding steroid dienone is 2. The molecule has 0 aliphatic rings. The van der Waals surface area contributed by atoms with Crippen LogP contribution in [0.25, 0.3) is 0 Å². The first-order chi connectivity index (χ1) is 13.2. The standard InChI is InChI=1S/C22H43NO4.K.H/c1-2-3-4-5-6-7-8-9-10-11-12-13-14-15-16-17-22(26)27-23(18-20-24)19-21-25;;/h9-10,24-25H,2-8,11-21H2,1H3;;/b10-9-;;. The van der Waals surface area contributed by atoms with Gasteiger partial charge in [0.2, 0.25) is 0 Å². The summed E-state index contributed by atoms with van der Waals surface area (Å²) in [4.78, 5) is 16.8. The fraction of sp³-hybridized carbons (Fsp3) is 0.864. The third-order valence-corrected chi connectivity index (χ3v) is 4.57. The monoisotopic (exact) mass is 425 g/mol. The van der Waals surface area contributed by atoms with Crippen LogP contribution in [0.5, 0.6) is 0 Å². The first-order valence-electron chi connectivity index (χ1n) is 11.1. The molecular weight excluding hydrogens is 381 g/mol. The molecule has 0 aromatic rings. The SMILES string of the molecule is CCCCCCCC/C=C\CCCCCCCC(=O)ON(CCO)CCO.[KH]. The van der Waals surface area contributed by atoms with Gasteiger partial charge in [0.05, 0.1) is 26.3 Å². The van der Waals surface area contributed by atoms with Gasteiger partial charge in [-0.3, -0.25) is 4.79 Å². The molecule has 0 rings (SSSR count). The average molecular weight is 426 g/mol. The summed E-state index contributed by atoms with van der Waals surface area (Å²) in [6.07, 6.45) is 21.0. The molecular formula is C22H44KNO4. The van der Waals surface area contributed by atoms with Crippen molar-refractivity contribution >= 4 is 57.4 Å². The number of carbonyl (C=O) groups excluding carboxylic acids is 1. The van der Waals surface area contributed by atoms with E-state index in [9.17, 15) is 4.79 Å². The fourth-order valence-electron chi connectivity index (χ4n) is 2.96. The number of hydroxylamine groups is 2. The zero-order valence-corrected chi connectivity index (χ0v) is 17.5. The summed E-state index contributed by atoms with van der Waals surface area (Å²) in [5, 5.41) is 19.1. The molecule has 0 heterocycles. The fourth-order valence-corrected chi connectivity index (χ4v) is 2.96. The van der Waals surface area contributed by atoms with E-state index in [1.807, 2.05) is 0 Å². The Morgan fingerprint density at radius 1 is 0.786 bits per heavy atom. The van der Waals surface area contributed by atoms with Gasteiger partial charge in [0.15, 0.2) is 0 Å². The van der Waals surface area contributed by atoms with Crippen LogP contribution in [0.3, 0.4) is 0 Å². The molecule has 6 heteroatoms. The summed E-state index contributed by atoms with van der Waals surface area (Å²) in [5.41, 5.74) is 0. The molecule has 0 amide bonds. The van der Waals surface area contributed by atoms with E-state index in [0.717, 1.165) is 25.7 Å². The van der Waals surface area contributed by atoms with Gasteiger partial charge in [-0.15, -0.1) is 5.06 Å². The molecule has 0 unspecified atom stereocenters. The summed E-state index contributed by atoms with van der Waals surface area (Å²) >= 11 is 0. The van der Waals surface area contributed by atoms with Crippen LogP contribution >= 0.6 is 0 Å². The van der Waals surface area contributed by atoms with Crippen molar-refractivity contribution in [3.05, 3.63) is 12.2 Å². The van der Waals surface area contributed by atoms with Gasteiger partial charge in [-0.05, 0) is 32.1 Å².